The Hall–Kier alpha value is -0.280. The van der Waals surface area contributed by atoms with Crippen molar-refractivity contribution in [2.45, 2.75) is 38.5 Å². The molecule has 5 fully saturated rings. The number of rotatable bonds is 3. The lowest BCUT2D eigenvalue weighted by molar-refractivity contribution is -0.148. The molecule has 4 heteroatoms. The smallest absolute Gasteiger partial charge is 0.226 e. The summed E-state index contributed by atoms with van der Waals surface area (Å²) >= 11 is 0. The quantitative estimate of drug-likeness (QED) is 0.868. The Balaban J connectivity index is 0.00000132. The molecule has 1 aliphatic heterocycles. The molecule has 0 spiro atoms. The molecule has 4 saturated carbocycles. The third kappa shape index (κ3) is 2.72. The van der Waals surface area contributed by atoms with Crippen molar-refractivity contribution >= 4 is 18.3 Å². The number of hydrogen-bond donors (Lipinski definition) is 1. The number of hydrogen-bond acceptors (Lipinski definition) is 2. The Morgan fingerprint density at radius 3 is 2.29 bits per heavy atom. The third-order valence-corrected chi connectivity index (χ3v) is 6.60. The molecule has 3 nitrogen and oxygen atoms in total. The molecule has 5 rings (SSSR count). The van der Waals surface area contributed by atoms with Crippen LogP contribution in [0.1, 0.15) is 38.5 Å². The zero-order valence-corrected chi connectivity index (χ0v) is 13.9. The van der Waals surface area contributed by atoms with Crippen molar-refractivity contribution in [1.29, 1.82) is 0 Å². The summed E-state index contributed by atoms with van der Waals surface area (Å²) in [6.45, 7) is 3.07. The minimum Gasteiger partial charge on any atom is -0.342 e. The highest BCUT2D eigenvalue weighted by molar-refractivity contribution is 5.85. The summed E-state index contributed by atoms with van der Waals surface area (Å²) < 4.78 is 0. The standard InChI is InChI=1S/C17H28N2O.ClH/c1-18-9-11-2-3-19(10-11)17(20)16-14-5-12-4-13(7-14)8-15(16)6-12;/h11-16,18H,2-10H2,1H3;1H. The minimum atomic E-state index is 0. The van der Waals surface area contributed by atoms with Crippen LogP contribution in [0.3, 0.4) is 0 Å². The van der Waals surface area contributed by atoms with Crippen LogP contribution >= 0.6 is 12.4 Å². The summed E-state index contributed by atoms with van der Waals surface area (Å²) in [4.78, 5) is 15.2. The van der Waals surface area contributed by atoms with Crippen LogP contribution < -0.4 is 5.32 Å². The number of carbonyl (C=O) groups excluding carboxylic acids is 1. The molecule has 5 aliphatic rings. The highest BCUT2D eigenvalue weighted by atomic mass is 35.5. The summed E-state index contributed by atoms with van der Waals surface area (Å²) in [6, 6.07) is 0. The normalized spacial score (nSPS) is 44.0. The van der Waals surface area contributed by atoms with E-state index >= 15 is 0 Å². The van der Waals surface area contributed by atoms with E-state index in [1.54, 1.807) is 0 Å². The highest BCUT2D eigenvalue weighted by Crippen LogP contribution is 2.57. The van der Waals surface area contributed by atoms with Gasteiger partial charge in [0.05, 0.1) is 0 Å². The van der Waals surface area contributed by atoms with E-state index in [2.05, 4.69) is 10.2 Å². The van der Waals surface area contributed by atoms with E-state index in [1.807, 2.05) is 7.05 Å². The van der Waals surface area contributed by atoms with Gasteiger partial charge < -0.3 is 10.2 Å². The summed E-state index contributed by atoms with van der Waals surface area (Å²) in [5.74, 6) is 5.02. The number of halogens is 1. The minimum absolute atomic E-state index is 0. The molecule has 0 aromatic rings. The van der Waals surface area contributed by atoms with Crippen molar-refractivity contribution in [1.82, 2.24) is 10.2 Å². The first-order valence-electron chi connectivity index (χ1n) is 8.68. The lowest BCUT2D eigenvalue weighted by Crippen LogP contribution is -2.51. The van der Waals surface area contributed by atoms with E-state index in [0.29, 0.717) is 17.7 Å². The van der Waals surface area contributed by atoms with Gasteiger partial charge in [0.25, 0.3) is 0 Å². The van der Waals surface area contributed by atoms with Gasteiger partial charge in [0.1, 0.15) is 0 Å². The van der Waals surface area contributed by atoms with Gasteiger partial charge in [0.2, 0.25) is 5.91 Å². The molecule has 4 bridgehead atoms. The summed E-state index contributed by atoms with van der Waals surface area (Å²) in [5, 5.41) is 3.26. The molecule has 120 valence electrons. The third-order valence-electron chi connectivity index (χ3n) is 6.60. The van der Waals surface area contributed by atoms with Gasteiger partial charge in [-0.3, -0.25) is 4.79 Å². The van der Waals surface area contributed by atoms with Crippen LogP contribution in [0, 0.1) is 35.5 Å². The molecule has 1 heterocycles. The maximum absolute atomic E-state index is 13.0. The van der Waals surface area contributed by atoms with E-state index in [4.69, 9.17) is 0 Å². The van der Waals surface area contributed by atoms with Gasteiger partial charge in [-0.1, -0.05) is 0 Å². The van der Waals surface area contributed by atoms with Crippen molar-refractivity contribution in [3.63, 3.8) is 0 Å². The van der Waals surface area contributed by atoms with Crippen molar-refractivity contribution < 1.29 is 4.79 Å². The van der Waals surface area contributed by atoms with Crippen molar-refractivity contribution in [2.75, 3.05) is 26.7 Å². The van der Waals surface area contributed by atoms with Crippen LogP contribution in [0.25, 0.3) is 0 Å². The van der Waals surface area contributed by atoms with Crippen molar-refractivity contribution in [2.24, 2.45) is 35.5 Å². The van der Waals surface area contributed by atoms with Crippen LogP contribution in [-0.2, 0) is 4.79 Å². The van der Waals surface area contributed by atoms with Gasteiger partial charge in [-0.2, -0.15) is 0 Å². The Bertz CT molecular complexity index is 372. The fourth-order valence-corrected chi connectivity index (χ4v) is 6.03. The second-order valence-electron chi connectivity index (χ2n) is 7.95. The average molecular weight is 313 g/mol. The van der Waals surface area contributed by atoms with Crippen molar-refractivity contribution in [3.8, 4) is 0 Å². The number of carbonyl (C=O) groups is 1. The molecule has 4 aliphatic carbocycles. The first-order valence-corrected chi connectivity index (χ1v) is 8.68. The molecule has 0 aromatic carbocycles. The summed E-state index contributed by atoms with van der Waals surface area (Å²) in [6.07, 6.45) is 8.10. The van der Waals surface area contributed by atoms with Crippen molar-refractivity contribution in [3.05, 3.63) is 0 Å². The summed E-state index contributed by atoms with van der Waals surface area (Å²) in [5.41, 5.74) is 0. The van der Waals surface area contributed by atoms with Crippen LogP contribution in [0.5, 0.6) is 0 Å². The highest BCUT2D eigenvalue weighted by Gasteiger charge is 2.51. The van der Waals surface area contributed by atoms with Gasteiger partial charge in [0, 0.05) is 19.0 Å². The molecule has 1 amide bonds. The summed E-state index contributed by atoms with van der Waals surface area (Å²) in [7, 11) is 2.02. The van der Waals surface area contributed by atoms with E-state index in [9.17, 15) is 4.79 Å². The molecule has 1 N–H and O–H groups in total. The lowest BCUT2D eigenvalue weighted by Gasteiger charge is -2.54. The number of likely N-dealkylation sites (tertiary alicyclic amines) is 1. The van der Waals surface area contributed by atoms with Gasteiger partial charge in [-0.15, -0.1) is 12.4 Å². The second kappa shape index (κ2) is 6.08. The first kappa shape index (κ1) is 15.6. The predicted molar refractivity (Wildman–Crippen MR) is 86.4 cm³/mol. The molecular formula is C17H29ClN2O. The average Bonchev–Trinajstić information content (AvgIpc) is 2.86. The molecule has 1 unspecified atom stereocenters. The number of nitrogens with one attached hydrogen (secondary N) is 1. The fraction of sp³-hybridized carbons (Fsp3) is 0.941. The van der Waals surface area contributed by atoms with Gasteiger partial charge in [-0.05, 0) is 81.7 Å². The lowest BCUT2D eigenvalue weighted by atomic mass is 9.51. The molecular weight excluding hydrogens is 284 g/mol. The molecule has 0 aromatic heterocycles. The maximum Gasteiger partial charge on any atom is 0.226 e. The van der Waals surface area contributed by atoms with Crippen LogP contribution in [0.2, 0.25) is 0 Å². The van der Waals surface area contributed by atoms with Crippen LogP contribution in [-0.4, -0.2) is 37.5 Å². The molecule has 1 saturated heterocycles. The van der Waals surface area contributed by atoms with Gasteiger partial charge in [-0.25, -0.2) is 0 Å². The van der Waals surface area contributed by atoms with E-state index < -0.39 is 0 Å². The van der Waals surface area contributed by atoms with E-state index in [1.165, 1.54) is 38.5 Å². The second-order valence-corrected chi connectivity index (χ2v) is 7.95. The monoisotopic (exact) mass is 312 g/mol. The van der Waals surface area contributed by atoms with Crippen LogP contribution in [0.4, 0.5) is 0 Å². The molecule has 1 atom stereocenters. The maximum atomic E-state index is 13.0. The Kier molecular flexibility index (Phi) is 4.52. The number of amides is 1. The Morgan fingerprint density at radius 1 is 1.10 bits per heavy atom. The molecule has 0 radical (unpaired) electrons. The Labute approximate surface area is 134 Å². The molecule has 21 heavy (non-hydrogen) atoms. The SMILES string of the molecule is CNCC1CCN(C(=O)C2C3CC4CC(C3)CC2C4)C1.Cl. The van der Waals surface area contributed by atoms with E-state index in [0.717, 1.165) is 43.3 Å². The van der Waals surface area contributed by atoms with Gasteiger partial charge >= 0.3 is 0 Å². The topological polar surface area (TPSA) is 32.3 Å². The number of nitrogens with zero attached hydrogens (tertiary/aromatic N) is 1. The zero-order chi connectivity index (χ0) is 13.7. The van der Waals surface area contributed by atoms with Gasteiger partial charge in [0.15, 0.2) is 0 Å². The fourth-order valence-electron chi connectivity index (χ4n) is 6.03. The van der Waals surface area contributed by atoms with E-state index in [-0.39, 0.29) is 12.4 Å². The largest absolute Gasteiger partial charge is 0.342 e. The first-order chi connectivity index (χ1) is 9.74. The predicted octanol–water partition coefficient (Wildman–Crippen LogP) is 2.55. The Morgan fingerprint density at radius 2 is 1.71 bits per heavy atom. The zero-order valence-electron chi connectivity index (χ0n) is 13.1. The van der Waals surface area contributed by atoms with Crippen LogP contribution in [0.15, 0.2) is 0 Å².